The summed E-state index contributed by atoms with van der Waals surface area (Å²) in [5.74, 6) is -0.273. The number of benzene rings is 1. The summed E-state index contributed by atoms with van der Waals surface area (Å²) in [6, 6.07) is 4.04. The van der Waals surface area contributed by atoms with Gasteiger partial charge < -0.3 is 10.4 Å². The van der Waals surface area contributed by atoms with E-state index in [1.54, 1.807) is 0 Å². The van der Waals surface area contributed by atoms with E-state index in [0.29, 0.717) is 16.5 Å². The van der Waals surface area contributed by atoms with Crippen LogP contribution in [0.5, 0.6) is 0 Å². The van der Waals surface area contributed by atoms with Gasteiger partial charge in [-0.3, -0.25) is 15.4 Å². The van der Waals surface area contributed by atoms with Gasteiger partial charge in [-0.05, 0) is 58.3 Å². The van der Waals surface area contributed by atoms with Crippen LogP contribution in [0.3, 0.4) is 0 Å². The van der Waals surface area contributed by atoms with Crippen LogP contribution in [0.1, 0.15) is 19.5 Å². The van der Waals surface area contributed by atoms with Crippen LogP contribution in [-0.4, -0.2) is 71.5 Å². The number of aliphatic hydroxyl groups excluding tert-OH is 1. The molecule has 182 valence electrons. The lowest BCUT2D eigenvalue weighted by atomic mass is 10.3. The third kappa shape index (κ3) is 8.88. The zero-order valence-electron chi connectivity index (χ0n) is 17.6. The summed E-state index contributed by atoms with van der Waals surface area (Å²) in [6.07, 6.45) is -0.739. The molecule has 0 radical (unpaired) electrons. The summed E-state index contributed by atoms with van der Waals surface area (Å²) >= 11 is 4.26. The molecule has 1 heterocycles. The number of thioether (sulfide) groups is 1. The van der Waals surface area contributed by atoms with Gasteiger partial charge in [-0.2, -0.15) is 0 Å². The normalized spacial score (nSPS) is 13.6. The Hall–Kier alpha value is -2.27. The lowest BCUT2D eigenvalue weighted by Gasteiger charge is -2.12. The maximum Gasteiger partial charge on any atom is 0.234 e. The fourth-order valence-corrected chi connectivity index (χ4v) is 3.82. The van der Waals surface area contributed by atoms with Crippen LogP contribution < -0.4 is 15.5 Å². The highest BCUT2D eigenvalue weighted by Crippen LogP contribution is 2.24. The number of hydroxylamine groups is 1. The molecule has 33 heavy (non-hydrogen) atoms. The van der Waals surface area contributed by atoms with E-state index in [0.717, 1.165) is 0 Å². The van der Waals surface area contributed by atoms with E-state index in [4.69, 9.17) is 4.63 Å². The minimum Gasteiger partial charge on any atom is -0.391 e. The molecule has 2 rings (SSSR count). The predicted molar refractivity (Wildman–Crippen MR) is 125 cm³/mol. The fraction of sp³-hybridized carbons (Fsp3) is 0.412. The van der Waals surface area contributed by atoms with E-state index in [1.165, 1.54) is 43.8 Å². The molecule has 0 saturated carbocycles. The molecule has 0 bridgehead atoms. The van der Waals surface area contributed by atoms with Crippen LogP contribution in [0.15, 0.2) is 42.3 Å². The second-order valence-corrected chi connectivity index (χ2v) is 10.4. The number of aliphatic hydroxyl groups is 1. The van der Waals surface area contributed by atoms with Crippen molar-refractivity contribution in [2.75, 3.05) is 24.6 Å². The zero-order valence-corrected chi connectivity index (χ0v) is 20.8. The average molecular weight is 568 g/mol. The number of sulfonamides is 1. The number of hydrogen-bond donors (Lipinski definition) is 5. The van der Waals surface area contributed by atoms with Crippen LogP contribution in [-0.2, 0) is 10.0 Å². The van der Waals surface area contributed by atoms with Gasteiger partial charge in [0.1, 0.15) is 5.82 Å². The molecule has 1 aromatic carbocycles. The maximum absolute atomic E-state index is 13.4. The molecule has 0 amide bonds. The van der Waals surface area contributed by atoms with Crippen molar-refractivity contribution in [1.29, 1.82) is 0 Å². The number of nitrogens with one attached hydrogen (secondary N) is 3. The van der Waals surface area contributed by atoms with Gasteiger partial charge in [0.15, 0.2) is 16.6 Å². The zero-order chi connectivity index (χ0) is 24.4. The monoisotopic (exact) mass is 567 g/mol. The molecule has 2 aromatic rings. The highest BCUT2D eigenvalue weighted by atomic mass is 79.9. The van der Waals surface area contributed by atoms with Gasteiger partial charge in [-0.25, -0.2) is 27.4 Å². The highest BCUT2D eigenvalue weighted by molar-refractivity contribution is 9.10. The van der Waals surface area contributed by atoms with Crippen molar-refractivity contribution in [2.24, 2.45) is 9.98 Å². The summed E-state index contributed by atoms with van der Waals surface area (Å²) in [5, 5.41) is 29.6. The summed E-state index contributed by atoms with van der Waals surface area (Å²) in [4.78, 5) is 8.20. The van der Waals surface area contributed by atoms with Gasteiger partial charge in [-0.1, -0.05) is 11.8 Å². The maximum atomic E-state index is 13.4. The Kier molecular flexibility index (Phi) is 10.5. The summed E-state index contributed by atoms with van der Waals surface area (Å²) in [6.45, 7) is 3.30. The standard InChI is InChI=1S/C17H23BrFN7O5S2/c1-3-33(29,30)26-17(21-9-10(2)27)20-6-7-32-16-14(24-31-25-16)15(23-28)22-11-4-5-13(19)12(18)8-11/h4-5,8,10,27-28H,3,6-7,9H2,1-2H3,(H,22,23)(H2,20,21,26)/t10-/m1/s1. The second-order valence-electron chi connectivity index (χ2n) is 6.41. The Balaban J connectivity index is 2.05. The SMILES string of the molecule is CCS(=O)(=O)NC(=NC[C@@H](C)O)NCCSc1nonc1C(=Nc1ccc(F)c(Br)c1)NO. The van der Waals surface area contributed by atoms with Crippen LogP contribution in [0, 0.1) is 5.82 Å². The average Bonchev–Trinajstić information content (AvgIpc) is 3.23. The lowest BCUT2D eigenvalue weighted by molar-refractivity contribution is 0.204. The first-order valence-corrected chi connectivity index (χ1v) is 12.9. The van der Waals surface area contributed by atoms with E-state index in [9.17, 15) is 23.1 Å². The van der Waals surface area contributed by atoms with Gasteiger partial charge >= 0.3 is 0 Å². The van der Waals surface area contributed by atoms with Crippen molar-refractivity contribution in [3.05, 3.63) is 34.2 Å². The first-order valence-electron chi connectivity index (χ1n) is 9.51. The number of hydrogen-bond acceptors (Lipinski definition) is 10. The third-order valence-corrected chi connectivity index (χ3v) is 6.53. The molecule has 12 nitrogen and oxygen atoms in total. The number of aliphatic imine (C=N–C) groups is 2. The van der Waals surface area contributed by atoms with Crippen molar-refractivity contribution < 1.29 is 27.8 Å². The number of halogens is 2. The Morgan fingerprint density at radius 1 is 1.39 bits per heavy atom. The third-order valence-electron chi connectivity index (χ3n) is 3.71. The molecule has 0 aliphatic carbocycles. The van der Waals surface area contributed by atoms with Crippen molar-refractivity contribution in [2.45, 2.75) is 25.0 Å². The van der Waals surface area contributed by atoms with E-state index in [-0.39, 0.29) is 40.8 Å². The quantitative estimate of drug-likeness (QED) is 0.0926. The van der Waals surface area contributed by atoms with Gasteiger partial charge in [-0.15, -0.1) is 0 Å². The molecular formula is C17H23BrFN7O5S2. The smallest absolute Gasteiger partial charge is 0.234 e. The van der Waals surface area contributed by atoms with Crippen LogP contribution in [0.4, 0.5) is 10.1 Å². The molecule has 1 aromatic heterocycles. The molecule has 0 unspecified atom stereocenters. The van der Waals surface area contributed by atoms with Crippen molar-refractivity contribution in [3.8, 4) is 0 Å². The topological polar surface area (TPSA) is 174 Å². The molecule has 16 heteroatoms. The molecule has 5 N–H and O–H groups in total. The molecule has 1 atom stereocenters. The Labute approximate surface area is 202 Å². The van der Waals surface area contributed by atoms with Crippen LogP contribution in [0.2, 0.25) is 0 Å². The largest absolute Gasteiger partial charge is 0.391 e. The van der Waals surface area contributed by atoms with Crippen molar-refractivity contribution in [1.82, 2.24) is 25.8 Å². The van der Waals surface area contributed by atoms with Crippen LogP contribution >= 0.6 is 27.7 Å². The number of aromatic nitrogens is 2. The van der Waals surface area contributed by atoms with E-state index >= 15 is 0 Å². The molecule has 0 aliphatic rings. The van der Waals surface area contributed by atoms with Gasteiger partial charge in [0.05, 0.1) is 28.6 Å². The number of nitrogens with zero attached hydrogens (tertiary/aromatic N) is 4. The fourth-order valence-electron chi connectivity index (χ4n) is 2.12. The van der Waals surface area contributed by atoms with Gasteiger partial charge in [0, 0.05) is 12.3 Å². The van der Waals surface area contributed by atoms with E-state index in [2.05, 4.69) is 46.3 Å². The van der Waals surface area contributed by atoms with Crippen molar-refractivity contribution >= 4 is 55.2 Å². The lowest BCUT2D eigenvalue weighted by Crippen LogP contribution is -2.43. The second kappa shape index (κ2) is 12.8. The molecule has 0 aliphatic heterocycles. The van der Waals surface area contributed by atoms with Crippen molar-refractivity contribution in [3.63, 3.8) is 0 Å². The van der Waals surface area contributed by atoms with Crippen LogP contribution in [0.25, 0.3) is 0 Å². The summed E-state index contributed by atoms with van der Waals surface area (Å²) in [7, 11) is -3.55. The first kappa shape index (κ1) is 27.0. The van der Waals surface area contributed by atoms with E-state index < -0.39 is 21.9 Å². The Bertz CT molecular complexity index is 1100. The summed E-state index contributed by atoms with van der Waals surface area (Å²) in [5.41, 5.74) is 2.38. The van der Waals surface area contributed by atoms with E-state index in [1.807, 2.05) is 5.48 Å². The minimum atomic E-state index is -3.55. The molecule has 0 spiro atoms. The van der Waals surface area contributed by atoms with Gasteiger partial charge in [0.2, 0.25) is 16.0 Å². The number of rotatable bonds is 10. The first-order chi connectivity index (χ1) is 15.6. The molecular weight excluding hydrogens is 545 g/mol. The Morgan fingerprint density at radius 2 is 2.15 bits per heavy atom. The molecule has 0 saturated heterocycles. The number of amidine groups is 1. The minimum absolute atomic E-state index is 0.0121. The predicted octanol–water partition coefficient (Wildman–Crippen LogP) is 1.39. The molecule has 0 fully saturated rings. The highest BCUT2D eigenvalue weighted by Gasteiger charge is 2.18. The Morgan fingerprint density at radius 3 is 2.79 bits per heavy atom. The summed E-state index contributed by atoms with van der Waals surface area (Å²) < 4.78 is 44.3. The van der Waals surface area contributed by atoms with Gasteiger partial charge in [0.25, 0.3) is 0 Å². The number of guanidine groups is 1.